The van der Waals surface area contributed by atoms with Gasteiger partial charge in [-0.1, -0.05) is 0 Å². The van der Waals surface area contributed by atoms with Gasteiger partial charge in [0.2, 0.25) is 0 Å². The first-order valence-corrected chi connectivity index (χ1v) is 3.25. The molecule has 0 amide bonds. The summed E-state index contributed by atoms with van der Waals surface area (Å²) in [5, 5.41) is 38.5. The predicted octanol–water partition coefficient (Wildman–Crippen LogP) is 0.926. The minimum Gasteiger partial charge on any atom is -0.189 e. The van der Waals surface area contributed by atoms with E-state index in [2.05, 4.69) is 71.1 Å². The monoisotopic (exact) mass is 262 g/mol. The number of rotatable bonds is 11. The van der Waals surface area contributed by atoms with Crippen LogP contribution in [0.1, 0.15) is 0 Å². The molecule has 0 bridgehead atoms. The Morgan fingerprint density at radius 3 is 2.00 bits per heavy atom. The molecule has 16 heavy (non-hydrogen) atoms. The van der Waals surface area contributed by atoms with Gasteiger partial charge in [0.15, 0.2) is 0 Å². The van der Waals surface area contributed by atoms with Crippen LogP contribution in [0, 0.1) is 5.53 Å². The third kappa shape index (κ3) is 12.7. The van der Waals surface area contributed by atoms with Gasteiger partial charge in [-0.15, -0.1) is 0 Å². The minimum atomic E-state index is 1.66. The zero-order chi connectivity index (χ0) is 11.9. The molecule has 0 radical (unpaired) electrons. The number of nitrogens with one attached hydrogen (secondary N) is 1. The Labute approximate surface area is 87.3 Å². The van der Waals surface area contributed by atoms with Gasteiger partial charge in [0.25, 0.3) is 0 Å². The van der Waals surface area contributed by atoms with E-state index in [0.717, 1.165) is 0 Å². The highest BCUT2D eigenvalue weighted by atomic mass is 31.0. The van der Waals surface area contributed by atoms with Crippen molar-refractivity contribution < 1.29 is 44.9 Å². The van der Waals surface area contributed by atoms with Crippen LogP contribution in [0.2, 0.25) is 0 Å². The SMILES string of the molecule is N=N/N=N/N=N/OOOOOOOOOP. The van der Waals surface area contributed by atoms with E-state index >= 15 is 0 Å². The number of hydrogen-bond acceptors (Lipinski definition) is 11. The Morgan fingerprint density at radius 1 is 0.750 bits per heavy atom. The van der Waals surface area contributed by atoms with Crippen LogP contribution in [0.5, 0.6) is 0 Å². The standard InChI is InChI=1S/H3N6O9P/c1-2-3-4-5-6-7-8-9-10-11-12-13-14-15-16/h1H,16H2/b2-1?,4-3+,6-5+. The van der Waals surface area contributed by atoms with Gasteiger partial charge in [-0.2, -0.15) is 15.2 Å². The molecule has 1 N–H and O–H groups in total. The molecule has 16 heteroatoms. The van der Waals surface area contributed by atoms with Gasteiger partial charge < -0.3 is 0 Å². The number of nitrogens with zero attached hydrogens (tertiary/aromatic N) is 5. The van der Waals surface area contributed by atoms with Gasteiger partial charge in [0.1, 0.15) is 0 Å². The lowest BCUT2D eigenvalue weighted by Gasteiger charge is -1.95. The van der Waals surface area contributed by atoms with E-state index in [0.29, 0.717) is 0 Å². The molecule has 1 unspecified atom stereocenters. The lowest BCUT2D eigenvalue weighted by molar-refractivity contribution is -0.827. The van der Waals surface area contributed by atoms with E-state index in [1.165, 1.54) is 0 Å². The Bertz CT molecular complexity index is 206. The Kier molecular flexibility index (Phi) is 12.6. The van der Waals surface area contributed by atoms with Crippen molar-refractivity contribution in [3.63, 3.8) is 0 Å². The molecule has 0 rings (SSSR count). The smallest absolute Gasteiger partial charge is 0.0907 e. The van der Waals surface area contributed by atoms with E-state index in [1.807, 2.05) is 0 Å². The van der Waals surface area contributed by atoms with Crippen LogP contribution in [-0.4, -0.2) is 0 Å². The fourth-order valence-corrected chi connectivity index (χ4v) is 0.200. The van der Waals surface area contributed by atoms with Crippen molar-refractivity contribution in [1.82, 2.24) is 0 Å². The first-order chi connectivity index (χ1) is 7.91. The topological polar surface area (TPSA) is 169 Å². The molecule has 0 saturated heterocycles. The maximum atomic E-state index is 6.13. The van der Waals surface area contributed by atoms with Gasteiger partial charge >= 0.3 is 0 Å². The maximum absolute atomic E-state index is 6.13. The molecule has 0 aliphatic rings. The van der Waals surface area contributed by atoms with Gasteiger partial charge in [0, 0.05) is 40.1 Å². The highest BCUT2D eigenvalue weighted by Gasteiger charge is 1.94. The summed E-state index contributed by atoms with van der Waals surface area (Å²) >= 11 is 0. The highest BCUT2D eigenvalue weighted by molar-refractivity contribution is 7.09. The van der Waals surface area contributed by atoms with Gasteiger partial charge in [-0.25, -0.2) is 0 Å². The van der Waals surface area contributed by atoms with E-state index in [4.69, 9.17) is 5.53 Å². The lowest BCUT2D eigenvalue weighted by Crippen LogP contribution is -1.99. The van der Waals surface area contributed by atoms with Crippen LogP contribution >= 0.6 is 9.47 Å². The van der Waals surface area contributed by atoms with Gasteiger partial charge in [-0.3, -0.25) is 0 Å². The molecular weight excluding hydrogens is 259 g/mol. The molecule has 0 aliphatic heterocycles. The van der Waals surface area contributed by atoms with Crippen LogP contribution in [0.15, 0.2) is 26.2 Å². The van der Waals surface area contributed by atoms with E-state index in [1.54, 1.807) is 9.47 Å². The average molecular weight is 262 g/mol. The Hall–Kier alpha value is -1.29. The normalized spacial score (nSPS) is 11.3. The summed E-state index contributed by atoms with van der Waals surface area (Å²) < 4.78 is 3.80. The van der Waals surface area contributed by atoms with Crippen molar-refractivity contribution in [3.05, 3.63) is 0 Å². The van der Waals surface area contributed by atoms with Crippen molar-refractivity contribution >= 4 is 9.47 Å². The van der Waals surface area contributed by atoms with E-state index in [9.17, 15) is 0 Å². The largest absolute Gasteiger partial charge is 0.189 e. The molecule has 0 spiro atoms. The van der Waals surface area contributed by atoms with Crippen molar-refractivity contribution in [2.75, 3.05) is 0 Å². The third-order valence-corrected chi connectivity index (χ3v) is 0.510. The molecule has 0 aromatic rings. The van der Waals surface area contributed by atoms with Crippen LogP contribution in [0.3, 0.4) is 0 Å². The molecule has 0 aromatic heterocycles. The van der Waals surface area contributed by atoms with Crippen molar-refractivity contribution in [3.8, 4) is 0 Å². The zero-order valence-corrected chi connectivity index (χ0v) is 8.14. The molecule has 0 fully saturated rings. The van der Waals surface area contributed by atoms with Gasteiger partial charge in [-0.05, 0) is 25.6 Å². The number of hydrogen-bond donors (Lipinski definition) is 1. The molecule has 0 saturated carbocycles. The minimum absolute atomic E-state index is 1.66. The fraction of sp³-hybridized carbons (Fsp3) is 0. The van der Waals surface area contributed by atoms with Crippen LogP contribution < -0.4 is 0 Å². The van der Waals surface area contributed by atoms with E-state index in [-0.39, 0.29) is 0 Å². The summed E-state index contributed by atoms with van der Waals surface area (Å²) in [4.78, 5) is 3.73. The second-order valence-corrected chi connectivity index (χ2v) is 1.29. The fourth-order valence-electron chi connectivity index (χ4n) is 0.168. The van der Waals surface area contributed by atoms with Crippen molar-refractivity contribution in [2.45, 2.75) is 0 Å². The van der Waals surface area contributed by atoms with Crippen molar-refractivity contribution in [1.29, 1.82) is 5.53 Å². The summed E-state index contributed by atoms with van der Waals surface area (Å²) in [5.74, 6) is 0. The summed E-state index contributed by atoms with van der Waals surface area (Å²) in [6.07, 6.45) is 0. The molecule has 92 valence electrons. The molecule has 0 aliphatic carbocycles. The first-order valence-electron chi connectivity index (χ1n) is 2.78. The quantitative estimate of drug-likeness (QED) is 0.187. The summed E-state index contributed by atoms with van der Waals surface area (Å²) in [5.41, 5.74) is 6.13. The molecule has 0 aromatic carbocycles. The Balaban J connectivity index is 3.06. The molecule has 15 nitrogen and oxygen atoms in total. The molecule has 1 atom stereocenters. The predicted molar refractivity (Wildman–Crippen MR) is 34.3 cm³/mol. The second kappa shape index (κ2) is 13.7. The van der Waals surface area contributed by atoms with Crippen molar-refractivity contribution in [2.24, 2.45) is 26.2 Å². The highest BCUT2D eigenvalue weighted by Crippen LogP contribution is 1.92. The second-order valence-electron chi connectivity index (χ2n) is 1.10. The summed E-state index contributed by atoms with van der Waals surface area (Å²) in [6, 6.07) is 0. The lowest BCUT2D eigenvalue weighted by atomic mass is 12.5. The van der Waals surface area contributed by atoms with Gasteiger partial charge in [0.05, 0.1) is 5.28 Å². The van der Waals surface area contributed by atoms with E-state index < -0.39 is 0 Å². The summed E-state index contributed by atoms with van der Waals surface area (Å²) in [6.45, 7) is 0. The molecular formula is H3N6O9P. The summed E-state index contributed by atoms with van der Waals surface area (Å²) in [7, 11) is 1.66. The molecule has 0 heterocycles. The third-order valence-electron chi connectivity index (χ3n) is 0.431. The first kappa shape index (κ1) is 14.7. The van der Waals surface area contributed by atoms with Crippen LogP contribution in [0.25, 0.3) is 0 Å². The Morgan fingerprint density at radius 2 is 1.38 bits per heavy atom. The van der Waals surface area contributed by atoms with Crippen LogP contribution in [-0.2, 0) is 44.9 Å². The average Bonchev–Trinajstić information content (AvgIpc) is 2.31. The zero-order valence-electron chi connectivity index (χ0n) is 6.99. The maximum Gasteiger partial charge on any atom is 0.0907 e. The van der Waals surface area contributed by atoms with Crippen LogP contribution in [0.4, 0.5) is 0 Å².